The predicted molar refractivity (Wildman–Crippen MR) is 109 cm³/mol. The molecule has 3 aromatic rings. The maximum Gasteiger partial charge on any atom is 0.154 e. The fourth-order valence-corrected chi connectivity index (χ4v) is 3.17. The molecule has 4 nitrogen and oxygen atoms in total. The first-order chi connectivity index (χ1) is 12.7. The largest absolute Gasteiger partial charge is 0.497 e. The van der Waals surface area contributed by atoms with Gasteiger partial charge in [0.2, 0.25) is 0 Å². The summed E-state index contributed by atoms with van der Waals surface area (Å²) in [6.45, 7) is 0. The molecule has 128 valence electrons. The van der Waals surface area contributed by atoms with Crippen molar-refractivity contribution in [2.45, 2.75) is 0 Å². The number of methoxy groups -OCH3 is 1. The van der Waals surface area contributed by atoms with E-state index in [0.717, 1.165) is 44.1 Å². The number of nitrogens with zero attached hydrogens (tertiary/aromatic N) is 2. The van der Waals surface area contributed by atoms with E-state index in [9.17, 15) is 0 Å². The van der Waals surface area contributed by atoms with Gasteiger partial charge in [0.1, 0.15) is 11.5 Å². The molecule has 0 saturated carbocycles. The highest BCUT2D eigenvalue weighted by Gasteiger charge is 2.17. The molecule has 0 spiro atoms. The molecule has 0 atom stereocenters. The van der Waals surface area contributed by atoms with E-state index in [0.29, 0.717) is 0 Å². The van der Waals surface area contributed by atoms with Crippen molar-refractivity contribution in [2.75, 3.05) is 7.11 Å². The first-order valence-corrected chi connectivity index (χ1v) is 8.96. The Morgan fingerprint density at radius 2 is 1.65 bits per heavy atom. The Balaban J connectivity index is 1.84. The van der Waals surface area contributed by atoms with Crippen LogP contribution in [0.2, 0.25) is 0 Å². The van der Waals surface area contributed by atoms with Crippen LogP contribution in [0.15, 0.2) is 87.4 Å². The fourth-order valence-electron chi connectivity index (χ4n) is 2.80. The first kappa shape index (κ1) is 16.5. The van der Waals surface area contributed by atoms with Gasteiger partial charge in [-0.3, -0.25) is 5.43 Å². The van der Waals surface area contributed by atoms with E-state index in [2.05, 4.69) is 26.5 Å². The zero-order valence-electron chi connectivity index (χ0n) is 14.1. The van der Waals surface area contributed by atoms with Crippen LogP contribution >= 0.6 is 15.9 Å². The summed E-state index contributed by atoms with van der Waals surface area (Å²) in [4.78, 5) is 4.81. The van der Waals surface area contributed by atoms with Crippen molar-refractivity contribution in [3.8, 4) is 5.75 Å². The lowest BCUT2D eigenvalue weighted by atomic mass is 10.0. The normalized spacial score (nSPS) is 13.0. The van der Waals surface area contributed by atoms with Crippen LogP contribution in [0, 0.1) is 0 Å². The number of amidine groups is 1. The SMILES string of the molecule is COc1ccc(C2=NNC(c3ccccc3)=Nc3ccc(Br)cc32)cc1. The van der Waals surface area contributed by atoms with Gasteiger partial charge >= 0.3 is 0 Å². The van der Waals surface area contributed by atoms with Gasteiger partial charge in [-0.05, 0) is 42.5 Å². The van der Waals surface area contributed by atoms with Gasteiger partial charge in [-0.15, -0.1) is 0 Å². The van der Waals surface area contributed by atoms with Crippen molar-refractivity contribution < 1.29 is 4.74 Å². The number of ether oxygens (including phenoxy) is 1. The van der Waals surface area contributed by atoms with Crippen LogP contribution in [0.1, 0.15) is 16.7 Å². The topological polar surface area (TPSA) is 46.0 Å². The van der Waals surface area contributed by atoms with Crippen molar-refractivity contribution in [3.63, 3.8) is 0 Å². The maximum absolute atomic E-state index is 5.26. The third-order valence-electron chi connectivity index (χ3n) is 4.13. The molecule has 0 fully saturated rings. The highest BCUT2D eigenvalue weighted by Crippen LogP contribution is 2.29. The lowest BCUT2D eigenvalue weighted by Gasteiger charge is -2.09. The number of hydrogen-bond acceptors (Lipinski definition) is 4. The second kappa shape index (κ2) is 7.14. The molecule has 0 amide bonds. The molecule has 0 aliphatic carbocycles. The van der Waals surface area contributed by atoms with Gasteiger partial charge < -0.3 is 4.74 Å². The number of hydrogen-bond donors (Lipinski definition) is 1. The second-order valence-corrected chi connectivity index (χ2v) is 6.70. The summed E-state index contributed by atoms with van der Waals surface area (Å²) in [6.07, 6.45) is 0. The zero-order chi connectivity index (χ0) is 17.9. The Bertz CT molecular complexity index is 996. The molecule has 0 radical (unpaired) electrons. The monoisotopic (exact) mass is 405 g/mol. The minimum Gasteiger partial charge on any atom is -0.497 e. The van der Waals surface area contributed by atoms with Crippen molar-refractivity contribution in [1.82, 2.24) is 5.43 Å². The summed E-state index contributed by atoms with van der Waals surface area (Å²) < 4.78 is 6.24. The predicted octanol–water partition coefficient (Wildman–Crippen LogP) is 4.89. The quantitative estimate of drug-likeness (QED) is 0.673. The van der Waals surface area contributed by atoms with Crippen molar-refractivity contribution >= 4 is 33.2 Å². The van der Waals surface area contributed by atoms with E-state index in [1.54, 1.807) is 7.11 Å². The maximum atomic E-state index is 5.26. The number of aliphatic imine (C=N–C) groups is 1. The molecule has 26 heavy (non-hydrogen) atoms. The summed E-state index contributed by atoms with van der Waals surface area (Å²) in [5.41, 5.74) is 7.77. The Morgan fingerprint density at radius 1 is 0.885 bits per heavy atom. The lowest BCUT2D eigenvalue weighted by Crippen LogP contribution is -2.19. The highest BCUT2D eigenvalue weighted by molar-refractivity contribution is 9.10. The van der Waals surface area contributed by atoms with Crippen LogP contribution in [0.25, 0.3) is 0 Å². The minimum atomic E-state index is 0.720. The van der Waals surface area contributed by atoms with Crippen LogP contribution in [0.5, 0.6) is 5.75 Å². The standard InChI is InChI=1S/C21H16BrN3O/c1-26-17-10-7-14(8-11-17)20-18-13-16(22)9-12-19(18)23-21(25-24-20)15-5-3-2-4-6-15/h2-13H,1H3,(H,23,25). The molecule has 1 N–H and O–H groups in total. The number of fused-ring (bicyclic) bond motifs is 1. The van der Waals surface area contributed by atoms with Gasteiger partial charge in [0, 0.05) is 21.2 Å². The molecule has 1 aliphatic rings. The number of halogens is 1. The van der Waals surface area contributed by atoms with E-state index >= 15 is 0 Å². The van der Waals surface area contributed by atoms with Crippen LogP contribution in [0.3, 0.4) is 0 Å². The van der Waals surface area contributed by atoms with E-state index < -0.39 is 0 Å². The average Bonchev–Trinajstić information content (AvgIpc) is 2.88. The van der Waals surface area contributed by atoms with Gasteiger partial charge in [-0.2, -0.15) is 5.10 Å². The summed E-state index contributed by atoms with van der Waals surface area (Å²) in [5.74, 6) is 1.53. The minimum absolute atomic E-state index is 0.720. The smallest absolute Gasteiger partial charge is 0.154 e. The Labute approximate surface area is 160 Å². The van der Waals surface area contributed by atoms with Crippen LogP contribution in [-0.2, 0) is 0 Å². The molecule has 4 rings (SSSR count). The second-order valence-electron chi connectivity index (χ2n) is 5.79. The van der Waals surface area contributed by atoms with Crippen molar-refractivity contribution in [1.29, 1.82) is 0 Å². The number of hydrazone groups is 1. The molecule has 0 saturated heterocycles. The van der Waals surface area contributed by atoms with E-state index in [1.807, 2.05) is 72.8 Å². The zero-order valence-corrected chi connectivity index (χ0v) is 15.7. The third-order valence-corrected chi connectivity index (χ3v) is 4.62. The lowest BCUT2D eigenvalue weighted by molar-refractivity contribution is 0.415. The molecule has 5 heteroatoms. The van der Waals surface area contributed by atoms with Crippen LogP contribution in [0.4, 0.5) is 5.69 Å². The Morgan fingerprint density at radius 3 is 2.38 bits per heavy atom. The third kappa shape index (κ3) is 3.26. The fraction of sp³-hybridized carbons (Fsp3) is 0.0476. The summed E-state index contributed by atoms with van der Waals surface area (Å²) in [6, 6.07) is 23.9. The molecular formula is C21H16BrN3O. The summed E-state index contributed by atoms with van der Waals surface area (Å²) in [5, 5.41) is 4.66. The number of rotatable bonds is 3. The molecule has 1 heterocycles. The molecule has 0 aromatic heterocycles. The Kier molecular flexibility index (Phi) is 4.54. The van der Waals surface area contributed by atoms with E-state index in [-0.39, 0.29) is 0 Å². The Hall–Kier alpha value is -2.92. The molecule has 0 bridgehead atoms. The van der Waals surface area contributed by atoms with Gasteiger partial charge in [0.15, 0.2) is 5.84 Å². The highest BCUT2D eigenvalue weighted by atomic mass is 79.9. The van der Waals surface area contributed by atoms with Crippen molar-refractivity contribution in [3.05, 3.63) is 94.0 Å². The summed E-state index contributed by atoms with van der Waals surface area (Å²) in [7, 11) is 1.66. The molecular weight excluding hydrogens is 390 g/mol. The van der Waals surface area contributed by atoms with Gasteiger partial charge in [0.25, 0.3) is 0 Å². The molecule has 3 aromatic carbocycles. The van der Waals surface area contributed by atoms with Gasteiger partial charge in [-0.25, -0.2) is 4.99 Å². The first-order valence-electron chi connectivity index (χ1n) is 8.17. The van der Waals surface area contributed by atoms with Crippen molar-refractivity contribution in [2.24, 2.45) is 10.1 Å². The van der Waals surface area contributed by atoms with Crippen LogP contribution in [-0.4, -0.2) is 18.7 Å². The van der Waals surface area contributed by atoms with E-state index in [4.69, 9.17) is 9.73 Å². The van der Waals surface area contributed by atoms with E-state index in [1.165, 1.54) is 0 Å². The summed E-state index contributed by atoms with van der Waals surface area (Å²) >= 11 is 3.55. The molecule has 1 aliphatic heterocycles. The van der Waals surface area contributed by atoms with Crippen LogP contribution < -0.4 is 10.2 Å². The van der Waals surface area contributed by atoms with Gasteiger partial charge in [-0.1, -0.05) is 46.3 Å². The number of benzene rings is 3. The van der Waals surface area contributed by atoms with Gasteiger partial charge in [0.05, 0.1) is 12.8 Å². The number of nitrogens with one attached hydrogen (secondary N) is 1. The molecule has 0 unspecified atom stereocenters. The average molecular weight is 406 g/mol.